The fourth-order valence-corrected chi connectivity index (χ4v) is 2.39. The first kappa shape index (κ1) is 13.4. The van der Waals surface area contributed by atoms with Crippen molar-refractivity contribution >= 4 is 5.69 Å². The highest BCUT2D eigenvalue weighted by molar-refractivity contribution is 5.45. The van der Waals surface area contributed by atoms with Gasteiger partial charge in [-0.1, -0.05) is 12.1 Å². The molecule has 0 spiro atoms. The van der Waals surface area contributed by atoms with Crippen LogP contribution in [0.25, 0.3) is 0 Å². The molecular weight excluding hydrogens is 226 g/mol. The molecule has 100 valence electrons. The molecule has 1 aliphatic heterocycles. The molecule has 0 saturated carbocycles. The number of nitrogens with one attached hydrogen (secondary N) is 1. The van der Waals surface area contributed by atoms with E-state index in [4.69, 9.17) is 9.47 Å². The number of rotatable bonds is 5. The molecule has 1 aromatic rings. The van der Waals surface area contributed by atoms with Crippen molar-refractivity contribution in [2.24, 2.45) is 0 Å². The minimum atomic E-state index is 0.0459. The topological polar surface area (TPSA) is 30.5 Å². The van der Waals surface area contributed by atoms with Crippen LogP contribution >= 0.6 is 0 Å². The molecule has 1 N–H and O–H groups in total. The van der Waals surface area contributed by atoms with Gasteiger partial charge in [-0.3, -0.25) is 0 Å². The van der Waals surface area contributed by atoms with E-state index in [0.717, 1.165) is 25.1 Å². The van der Waals surface area contributed by atoms with Crippen molar-refractivity contribution in [2.75, 3.05) is 19.0 Å². The zero-order chi connectivity index (χ0) is 13.0. The minimum absolute atomic E-state index is 0.0459. The lowest BCUT2D eigenvalue weighted by Crippen LogP contribution is -2.24. The molecule has 1 atom stereocenters. The Hall–Kier alpha value is -1.06. The van der Waals surface area contributed by atoms with Crippen LogP contribution in [0.2, 0.25) is 0 Å². The predicted molar refractivity (Wildman–Crippen MR) is 73.8 cm³/mol. The quantitative estimate of drug-likeness (QED) is 0.869. The summed E-state index contributed by atoms with van der Waals surface area (Å²) in [6, 6.07) is 8.34. The van der Waals surface area contributed by atoms with Gasteiger partial charge in [0, 0.05) is 19.3 Å². The lowest BCUT2D eigenvalue weighted by molar-refractivity contribution is -0.00910. The van der Waals surface area contributed by atoms with E-state index in [0.29, 0.717) is 12.7 Å². The summed E-state index contributed by atoms with van der Waals surface area (Å²) in [5, 5.41) is 3.44. The van der Waals surface area contributed by atoms with Gasteiger partial charge in [0.2, 0.25) is 0 Å². The van der Waals surface area contributed by atoms with Crippen LogP contribution in [-0.4, -0.2) is 25.4 Å². The van der Waals surface area contributed by atoms with E-state index in [9.17, 15) is 0 Å². The van der Waals surface area contributed by atoms with Crippen molar-refractivity contribution < 1.29 is 9.47 Å². The Morgan fingerprint density at radius 1 is 1.44 bits per heavy atom. The first-order chi connectivity index (χ1) is 8.59. The van der Waals surface area contributed by atoms with Crippen molar-refractivity contribution in [3.63, 3.8) is 0 Å². The molecule has 1 aliphatic rings. The number of hydrogen-bond donors (Lipinski definition) is 1. The Labute approximate surface area is 109 Å². The summed E-state index contributed by atoms with van der Waals surface area (Å²) in [6.45, 7) is 5.85. The molecule has 0 bridgehead atoms. The lowest BCUT2D eigenvalue weighted by atomic mass is 10.1. The van der Waals surface area contributed by atoms with Gasteiger partial charge < -0.3 is 14.8 Å². The predicted octanol–water partition coefficient (Wildman–Crippen LogP) is 3.20. The summed E-state index contributed by atoms with van der Waals surface area (Å²) in [6.07, 6.45) is 2.60. The van der Waals surface area contributed by atoms with Gasteiger partial charge >= 0.3 is 0 Å². The molecule has 0 aliphatic carbocycles. The maximum atomic E-state index is 5.96. The molecule has 0 radical (unpaired) electrons. The smallest absolute Gasteiger partial charge is 0.0755 e. The van der Waals surface area contributed by atoms with Crippen LogP contribution in [-0.2, 0) is 16.1 Å². The number of anilines is 1. The largest absolute Gasteiger partial charge is 0.382 e. The average Bonchev–Trinajstić information content (AvgIpc) is 2.68. The molecule has 3 heteroatoms. The molecule has 1 heterocycles. The second kappa shape index (κ2) is 5.72. The van der Waals surface area contributed by atoms with Gasteiger partial charge in [-0.2, -0.15) is 0 Å². The molecular formula is C15H23NO2. The SMILES string of the molecule is COCc1cccc(NCC2CCC(C)(C)O2)c1. The van der Waals surface area contributed by atoms with Crippen LogP contribution in [0.3, 0.4) is 0 Å². The van der Waals surface area contributed by atoms with Gasteiger partial charge in [-0.25, -0.2) is 0 Å². The molecule has 3 nitrogen and oxygen atoms in total. The zero-order valence-electron chi connectivity index (χ0n) is 11.5. The van der Waals surface area contributed by atoms with Gasteiger partial charge in [0.05, 0.1) is 18.3 Å². The Morgan fingerprint density at radius 3 is 2.94 bits per heavy atom. The fraction of sp³-hybridized carbons (Fsp3) is 0.600. The Kier molecular flexibility index (Phi) is 4.25. The highest BCUT2D eigenvalue weighted by atomic mass is 16.5. The van der Waals surface area contributed by atoms with Crippen LogP contribution in [0.1, 0.15) is 32.3 Å². The van der Waals surface area contributed by atoms with Crippen LogP contribution < -0.4 is 5.32 Å². The molecule has 0 amide bonds. The lowest BCUT2D eigenvalue weighted by Gasteiger charge is -2.20. The third kappa shape index (κ3) is 3.72. The number of ether oxygens (including phenoxy) is 2. The Morgan fingerprint density at radius 2 is 2.28 bits per heavy atom. The van der Waals surface area contributed by atoms with Gasteiger partial charge in [0.15, 0.2) is 0 Å². The third-order valence-corrected chi connectivity index (χ3v) is 3.33. The summed E-state index contributed by atoms with van der Waals surface area (Å²) >= 11 is 0. The molecule has 1 aromatic carbocycles. The van der Waals surface area contributed by atoms with E-state index in [-0.39, 0.29) is 5.60 Å². The molecule has 1 unspecified atom stereocenters. The third-order valence-electron chi connectivity index (χ3n) is 3.33. The number of hydrogen-bond acceptors (Lipinski definition) is 3. The standard InChI is InChI=1S/C15H23NO2/c1-15(2)8-7-14(18-15)10-16-13-6-4-5-12(9-13)11-17-3/h4-6,9,14,16H,7-8,10-11H2,1-3H3. The van der Waals surface area contributed by atoms with Crippen LogP contribution in [0.4, 0.5) is 5.69 Å². The van der Waals surface area contributed by atoms with Gasteiger partial charge in [0.25, 0.3) is 0 Å². The monoisotopic (exact) mass is 249 g/mol. The van der Waals surface area contributed by atoms with Crippen molar-refractivity contribution in [3.05, 3.63) is 29.8 Å². The van der Waals surface area contributed by atoms with E-state index in [1.807, 2.05) is 0 Å². The summed E-state index contributed by atoms with van der Waals surface area (Å²) in [5.74, 6) is 0. The van der Waals surface area contributed by atoms with E-state index in [2.05, 4.69) is 43.4 Å². The van der Waals surface area contributed by atoms with Crippen molar-refractivity contribution in [3.8, 4) is 0 Å². The number of benzene rings is 1. The van der Waals surface area contributed by atoms with Gasteiger partial charge in [-0.15, -0.1) is 0 Å². The minimum Gasteiger partial charge on any atom is -0.382 e. The fourth-order valence-electron chi connectivity index (χ4n) is 2.39. The summed E-state index contributed by atoms with van der Waals surface area (Å²) in [5.41, 5.74) is 2.37. The maximum absolute atomic E-state index is 5.96. The molecule has 1 saturated heterocycles. The second-order valence-corrected chi connectivity index (χ2v) is 5.55. The van der Waals surface area contributed by atoms with E-state index in [1.54, 1.807) is 7.11 Å². The van der Waals surface area contributed by atoms with Crippen LogP contribution in [0, 0.1) is 0 Å². The Bertz CT molecular complexity index is 390. The summed E-state index contributed by atoms with van der Waals surface area (Å²) in [4.78, 5) is 0. The van der Waals surface area contributed by atoms with Crippen molar-refractivity contribution in [1.29, 1.82) is 0 Å². The summed E-state index contributed by atoms with van der Waals surface area (Å²) in [7, 11) is 1.72. The van der Waals surface area contributed by atoms with E-state index in [1.165, 1.54) is 5.56 Å². The van der Waals surface area contributed by atoms with E-state index >= 15 is 0 Å². The molecule has 0 aromatic heterocycles. The number of methoxy groups -OCH3 is 1. The highest BCUT2D eigenvalue weighted by Gasteiger charge is 2.31. The van der Waals surface area contributed by atoms with Crippen molar-refractivity contribution in [1.82, 2.24) is 0 Å². The summed E-state index contributed by atoms with van der Waals surface area (Å²) < 4.78 is 11.1. The molecule has 1 fully saturated rings. The van der Waals surface area contributed by atoms with E-state index < -0.39 is 0 Å². The highest BCUT2D eigenvalue weighted by Crippen LogP contribution is 2.29. The first-order valence-corrected chi connectivity index (χ1v) is 6.59. The van der Waals surface area contributed by atoms with Gasteiger partial charge in [-0.05, 0) is 44.4 Å². The van der Waals surface area contributed by atoms with Crippen LogP contribution in [0.5, 0.6) is 0 Å². The second-order valence-electron chi connectivity index (χ2n) is 5.55. The van der Waals surface area contributed by atoms with Crippen LogP contribution in [0.15, 0.2) is 24.3 Å². The first-order valence-electron chi connectivity index (χ1n) is 6.59. The van der Waals surface area contributed by atoms with Gasteiger partial charge in [0.1, 0.15) is 0 Å². The average molecular weight is 249 g/mol. The zero-order valence-corrected chi connectivity index (χ0v) is 11.5. The normalized spacial score (nSPS) is 22.1. The molecule has 18 heavy (non-hydrogen) atoms. The maximum Gasteiger partial charge on any atom is 0.0755 e. The molecule has 2 rings (SSSR count). The van der Waals surface area contributed by atoms with Crippen molar-refractivity contribution in [2.45, 2.75) is 45.0 Å². The Balaban J connectivity index is 1.85.